The highest BCUT2D eigenvalue weighted by Gasteiger charge is 2.12. The second-order valence-electron chi connectivity index (χ2n) is 5.21. The largest absolute Gasteiger partial charge is 0.380 e. The van der Waals surface area contributed by atoms with Crippen LogP contribution in [0, 0.1) is 0 Å². The Balaban J connectivity index is 1.85. The Morgan fingerprint density at radius 1 is 1.08 bits per heavy atom. The third-order valence-corrected chi connectivity index (χ3v) is 4.31. The standard InChI is InChI=1S/C16H16Cl4N4O2/c1-26-12(5-22-15-13(19)7-21-8-14(15)20)6-23-16(25)24-11-3-9(17)2-10(18)4-11/h2-4,7-8,12H,5-6H2,1H3,(H,21,22)(H2,23,24,25). The molecule has 0 aliphatic heterocycles. The Morgan fingerprint density at radius 3 is 2.27 bits per heavy atom. The van der Waals surface area contributed by atoms with Gasteiger partial charge in [-0.1, -0.05) is 46.4 Å². The van der Waals surface area contributed by atoms with Crippen molar-refractivity contribution in [2.45, 2.75) is 6.10 Å². The molecule has 1 heterocycles. The molecule has 1 unspecified atom stereocenters. The quantitative estimate of drug-likeness (QED) is 0.573. The van der Waals surface area contributed by atoms with E-state index in [1.807, 2.05) is 0 Å². The first-order valence-electron chi connectivity index (χ1n) is 7.45. The van der Waals surface area contributed by atoms with Crippen LogP contribution in [0.5, 0.6) is 0 Å². The monoisotopic (exact) mass is 436 g/mol. The molecule has 0 saturated heterocycles. The molecule has 0 aliphatic rings. The number of urea groups is 1. The van der Waals surface area contributed by atoms with E-state index in [0.717, 1.165) is 0 Å². The Morgan fingerprint density at radius 2 is 1.69 bits per heavy atom. The Kier molecular flexibility index (Phi) is 8.06. The lowest BCUT2D eigenvalue weighted by molar-refractivity contribution is 0.114. The van der Waals surface area contributed by atoms with Gasteiger partial charge in [0.15, 0.2) is 0 Å². The van der Waals surface area contributed by atoms with Crippen molar-refractivity contribution in [3.8, 4) is 0 Å². The third kappa shape index (κ3) is 6.37. The van der Waals surface area contributed by atoms with E-state index in [2.05, 4.69) is 20.9 Å². The first-order valence-corrected chi connectivity index (χ1v) is 8.97. The second-order valence-corrected chi connectivity index (χ2v) is 6.90. The predicted molar refractivity (Wildman–Crippen MR) is 107 cm³/mol. The molecule has 0 spiro atoms. The molecule has 2 aromatic rings. The number of pyridine rings is 1. The van der Waals surface area contributed by atoms with Crippen LogP contribution in [0.25, 0.3) is 0 Å². The fourth-order valence-corrected chi connectivity index (χ4v) is 3.07. The minimum atomic E-state index is -0.412. The fourth-order valence-electron chi connectivity index (χ4n) is 2.04. The average Bonchev–Trinajstić information content (AvgIpc) is 2.56. The summed E-state index contributed by atoms with van der Waals surface area (Å²) in [6.07, 6.45) is 2.66. The number of hydrogen-bond donors (Lipinski definition) is 3. The highest BCUT2D eigenvalue weighted by Crippen LogP contribution is 2.28. The number of amides is 2. The van der Waals surface area contributed by atoms with Crippen LogP contribution < -0.4 is 16.0 Å². The zero-order valence-corrected chi connectivity index (χ0v) is 16.7. The highest BCUT2D eigenvalue weighted by atomic mass is 35.5. The molecule has 1 aromatic carbocycles. The molecule has 26 heavy (non-hydrogen) atoms. The fraction of sp³-hybridized carbons (Fsp3) is 0.250. The van der Waals surface area contributed by atoms with Gasteiger partial charge in [-0.25, -0.2) is 4.79 Å². The summed E-state index contributed by atoms with van der Waals surface area (Å²) in [4.78, 5) is 15.9. The van der Waals surface area contributed by atoms with Crippen molar-refractivity contribution in [3.63, 3.8) is 0 Å². The molecule has 0 fully saturated rings. The smallest absolute Gasteiger partial charge is 0.319 e. The normalized spacial score (nSPS) is 11.7. The predicted octanol–water partition coefficient (Wildman–Crippen LogP) is 4.94. The van der Waals surface area contributed by atoms with Crippen molar-refractivity contribution in [2.75, 3.05) is 30.8 Å². The SMILES string of the molecule is COC(CNC(=O)Nc1cc(Cl)cc(Cl)c1)CNc1c(Cl)cncc1Cl. The maximum atomic E-state index is 12.0. The number of anilines is 2. The van der Waals surface area contributed by atoms with E-state index in [1.165, 1.54) is 12.4 Å². The van der Waals surface area contributed by atoms with Gasteiger partial charge in [0.2, 0.25) is 0 Å². The van der Waals surface area contributed by atoms with Gasteiger partial charge in [0.1, 0.15) is 0 Å². The van der Waals surface area contributed by atoms with Crippen molar-refractivity contribution < 1.29 is 9.53 Å². The van der Waals surface area contributed by atoms with Crippen molar-refractivity contribution in [1.82, 2.24) is 10.3 Å². The number of aromatic nitrogens is 1. The summed E-state index contributed by atoms with van der Waals surface area (Å²) in [5.74, 6) is 0. The van der Waals surface area contributed by atoms with Crippen LogP contribution in [0.1, 0.15) is 0 Å². The molecule has 3 N–H and O–H groups in total. The first-order chi connectivity index (χ1) is 12.4. The number of nitrogens with one attached hydrogen (secondary N) is 3. The maximum Gasteiger partial charge on any atom is 0.319 e. The van der Waals surface area contributed by atoms with E-state index in [4.69, 9.17) is 51.1 Å². The van der Waals surface area contributed by atoms with Crippen LogP contribution >= 0.6 is 46.4 Å². The van der Waals surface area contributed by atoms with Crippen molar-refractivity contribution in [1.29, 1.82) is 0 Å². The Hall–Kier alpha value is -1.44. The first kappa shape index (κ1) is 20.9. The van der Waals surface area contributed by atoms with Gasteiger partial charge in [0, 0.05) is 48.3 Å². The summed E-state index contributed by atoms with van der Waals surface area (Å²) in [6, 6.07) is 4.35. The minimum absolute atomic E-state index is 0.254. The van der Waals surface area contributed by atoms with Crippen LogP contribution in [0.2, 0.25) is 20.1 Å². The van der Waals surface area contributed by atoms with E-state index in [-0.39, 0.29) is 12.6 Å². The van der Waals surface area contributed by atoms with E-state index < -0.39 is 6.03 Å². The van der Waals surface area contributed by atoms with Crippen molar-refractivity contribution >= 4 is 63.8 Å². The summed E-state index contributed by atoms with van der Waals surface area (Å²) >= 11 is 23.9. The summed E-state index contributed by atoms with van der Waals surface area (Å²) in [6.45, 7) is 0.632. The van der Waals surface area contributed by atoms with Crippen LogP contribution in [0.4, 0.5) is 16.2 Å². The van der Waals surface area contributed by atoms with E-state index in [1.54, 1.807) is 25.3 Å². The number of hydrogen-bond acceptors (Lipinski definition) is 4. The molecular formula is C16H16Cl4N4O2. The summed E-state index contributed by atoms with van der Waals surface area (Å²) in [5, 5.41) is 10.1. The average molecular weight is 438 g/mol. The highest BCUT2D eigenvalue weighted by molar-refractivity contribution is 6.38. The zero-order chi connectivity index (χ0) is 19.1. The van der Waals surface area contributed by atoms with Crippen molar-refractivity contribution in [2.24, 2.45) is 0 Å². The topological polar surface area (TPSA) is 75.3 Å². The van der Waals surface area contributed by atoms with Gasteiger partial charge in [-0.15, -0.1) is 0 Å². The van der Waals surface area contributed by atoms with Crippen LogP contribution in [0.3, 0.4) is 0 Å². The molecule has 1 atom stereocenters. The van der Waals surface area contributed by atoms with E-state index in [0.29, 0.717) is 38.0 Å². The Labute approximate surface area is 171 Å². The molecule has 10 heteroatoms. The van der Waals surface area contributed by atoms with Gasteiger partial charge >= 0.3 is 6.03 Å². The molecule has 0 aliphatic carbocycles. The summed E-state index contributed by atoms with van der Waals surface area (Å²) in [5.41, 5.74) is 1.05. The molecule has 0 saturated carbocycles. The molecule has 6 nitrogen and oxygen atoms in total. The number of methoxy groups -OCH3 is 1. The molecule has 0 bridgehead atoms. The number of ether oxygens (including phenoxy) is 1. The minimum Gasteiger partial charge on any atom is -0.380 e. The van der Waals surface area contributed by atoms with Gasteiger partial charge in [-0.3, -0.25) is 4.98 Å². The van der Waals surface area contributed by atoms with Gasteiger partial charge in [-0.05, 0) is 18.2 Å². The third-order valence-electron chi connectivity index (χ3n) is 3.30. The number of halogens is 4. The lowest BCUT2D eigenvalue weighted by Gasteiger charge is -2.18. The lowest BCUT2D eigenvalue weighted by atomic mass is 10.3. The van der Waals surface area contributed by atoms with Crippen LogP contribution in [-0.4, -0.2) is 37.3 Å². The van der Waals surface area contributed by atoms with E-state index >= 15 is 0 Å². The second kappa shape index (κ2) is 10.0. The van der Waals surface area contributed by atoms with Crippen LogP contribution in [0.15, 0.2) is 30.6 Å². The van der Waals surface area contributed by atoms with Gasteiger partial charge in [-0.2, -0.15) is 0 Å². The summed E-state index contributed by atoms with van der Waals surface area (Å²) < 4.78 is 5.34. The number of nitrogens with zero attached hydrogens (tertiary/aromatic N) is 1. The van der Waals surface area contributed by atoms with Gasteiger partial charge in [0.25, 0.3) is 0 Å². The number of carbonyl (C=O) groups is 1. The molecule has 140 valence electrons. The van der Waals surface area contributed by atoms with Gasteiger partial charge < -0.3 is 20.7 Å². The van der Waals surface area contributed by atoms with E-state index in [9.17, 15) is 4.79 Å². The van der Waals surface area contributed by atoms with Crippen LogP contribution in [-0.2, 0) is 4.74 Å². The zero-order valence-electron chi connectivity index (χ0n) is 13.7. The molecule has 1 aromatic heterocycles. The molecule has 2 rings (SSSR count). The molecule has 2 amide bonds. The molecule has 0 radical (unpaired) electrons. The van der Waals surface area contributed by atoms with Gasteiger partial charge in [0.05, 0.1) is 21.8 Å². The Bertz CT molecular complexity index is 735. The lowest BCUT2D eigenvalue weighted by Crippen LogP contribution is -2.39. The number of rotatable bonds is 7. The maximum absolute atomic E-state index is 12.0. The summed E-state index contributed by atoms with van der Waals surface area (Å²) in [7, 11) is 1.54. The number of carbonyl (C=O) groups excluding carboxylic acids is 1. The molecular weight excluding hydrogens is 422 g/mol. The van der Waals surface area contributed by atoms with Crippen molar-refractivity contribution in [3.05, 3.63) is 50.7 Å². The number of benzene rings is 1.